The van der Waals surface area contributed by atoms with E-state index in [9.17, 15) is 4.79 Å². The van der Waals surface area contributed by atoms with Crippen LogP contribution in [0.1, 0.15) is 32.0 Å². The molecule has 1 N–H and O–H groups in total. The summed E-state index contributed by atoms with van der Waals surface area (Å²) in [5.41, 5.74) is 0. The van der Waals surface area contributed by atoms with Crippen LogP contribution in [-0.4, -0.2) is 39.5 Å². The first kappa shape index (κ1) is 13.1. The third kappa shape index (κ3) is 3.32. The lowest BCUT2D eigenvalue weighted by molar-refractivity contribution is -0.119. The molecule has 0 spiro atoms. The monoisotopic (exact) mass is 250 g/mol. The van der Waals surface area contributed by atoms with Gasteiger partial charge in [-0.15, -0.1) is 0 Å². The molecule has 0 radical (unpaired) electrons. The molecule has 1 amide bonds. The van der Waals surface area contributed by atoms with Gasteiger partial charge in [-0.05, 0) is 25.8 Å². The number of amides is 1. The van der Waals surface area contributed by atoms with E-state index in [1.54, 1.807) is 6.92 Å². The van der Waals surface area contributed by atoms with Gasteiger partial charge in [0.25, 0.3) is 0 Å². The quantitative estimate of drug-likeness (QED) is 0.845. The Bertz CT molecular complexity index is 401. The van der Waals surface area contributed by atoms with Crippen molar-refractivity contribution in [3.8, 4) is 0 Å². The van der Waals surface area contributed by atoms with Gasteiger partial charge in [0.05, 0.1) is 6.54 Å². The lowest BCUT2D eigenvalue weighted by atomic mass is 10.1. The summed E-state index contributed by atoms with van der Waals surface area (Å²) in [5, 5.41) is 2.88. The molecule has 1 aromatic heterocycles. The molecule has 2 rings (SSSR count). The zero-order valence-corrected chi connectivity index (χ0v) is 11.2. The van der Waals surface area contributed by atoms with Crippen molar-refractivity contribution in [3.63, 3.8) is 0 Å². The summed E-state index contributed by atoms with van der Waals surface area (Å²) in [6.07, 6.45) is 7.33. The first-order valence-electron chi connectivity index (χ1n) is 6.61. The molecular formula is C13H22N4O. The molecule has 100 valence electrons. The lowest BCUT2D eigenvalue weighted by Gasteiger charge is -2.24. The number of hydrogen-bond acceptors (Lipinski definition) is 3. The maximum atomic E-state index is 10.9. The molecule has 5 nitrogen and oxygen atoms in total. The van der Waals surface area contributed by atoms with Crippen LogP contribution in [0.3, 0.4) is 0 Å². The number of aryl methyl sites for hydroxylation is 1. The van der Waals surface area contributed by atoms with E-state index in [0.717, 1.165) is 31.9 Å². The zero-order chi connectivity index (χ0) is 13.0. The summed E-state index contributed by atoms with van der Waals surface area (Å²) in [6.45, 7) is 4.39. The molecule has 0 saturated carbocycles. The maximum absolute atomic E-state index is 10.9. The molecule has 0 unspecified atom stereocenters. The average molecular weight is 250 g/mol. The molecule has 5 heteroatoms. The van der Waals surface area contributed by atoms with Gasteiger partial charge in [-0.3, -0.25) is 9.69 Å². The molecule has 1 aliphatic rings. The van der Waals surface area contributed by atoms with Crippen LogP contribution in [0.2, 0.25) is 0 Å². The van der Waals surface area contributed by atoms with Crippen LogP contribution >= 0.6 is 0 Å². The second-order valence-electron chi connectivity index (χ2n) is 4.99. The predicted octanol–water partition coefficient (Wildman–Crippen LogP) is 0.911. The number of likely N-dealkylation sites (tertiary alicyclic amines) is 1. The van der Waals surface area contributed by atoms with E-state index >= 15 is 0 Å². The fourth-order valence-electron chi connectivity index (χ4n) is 2.58. The van der Waals surface area contributed by atoms with E-state index < -0.39 is 0 Å². The number of rotatable bonds is 5. The molecule has 1 aromatic rings. The van der Waals surface area contributed by atoms with Crippen molar-refractivity contribution in [2.24, 2.45) is 7.05 Å². The molecule has 1 aliphatic heterocycles. The molecule has 0 bridgehead atoms. The van der Waals surface area contributed by atoms with Crippen molar-refractivity contribution < 1.29 is 4.79 Å². The highest BCUT2D eigenvalue weighted by Gasteiger charge is 2.24. The molecule has 2 heterocycles. The third-order valence-corrected chi connectivity index (χ3v) is 3.62. The van der Waals surface area contributed by atoms with Gasteiger partial charge in [0.1, 0.15) is 5.82 Å². The van der Waals surface area contributed by atoms with E-state index in [-0.39, 0.29) is 5.91 Å². The van der Waals surface area contributed by atoms with Crippen LogP contribution in [0.4, 0.5) is 0 Å². The average Bonchev–Trinajstić information content (AvgIpc) is 2.90. The van der Waals surface area contributed by atoms with Crippen LogP contribution in [0, 0.1) is 0 Å². The van der Waals surface area contributed by atoms with Gasteiger partial charge in [-0.25, -0.2) is 4.98 Å². The Hall–Kier alpha value is -1.36. The Morgan fingerprint density at radius 3 is 3.11 bits per heavy atom. The van der Waals surface area contributed by atoms with Crippen molar-refractivity contribution in [3.05, 3.63) is 18.2 Å². The highest BCUT2D eigenvalue weighted by Crippen LogP contribution is 2.21. The first-order chi connectivity index (χ1) is 8.66. The number of nitrogens with zero attached hydrogens (tertiary/aromatic N) is 3. The Balaban J connectivity index is 1.84. The van der Waals surface area contributed by atoms with Crippen molar-refractivity contribution in [1.29, 1.82) is 0 Å². The van der Waals surface area contributed by atoms with Gasteiger partial charge >= 0.3 is 0 Å². The van der Waals surface area contributed by atoms with Gasteiger partial charge in [-0.1, -0.05) is 0 Å². The molecule has 0 aliphatic carbocycles. The maximum Gasteiger partial charge on any atom is 0.216 e. The van der Waals surface area contributed by atoms with E-state index in [1.165, 1.54) is 12.8 Å². The fraction of sp³-hybridized carbons (Fsp3) is 0.692. The number of carbonyl (C=O) groups is 1. The summed E-state index contributed by atoms with van der Waals surface area (Å²) in [5.74, 6) is 1.17. The smallest absolute Gasteiger partial charge is 0.216 e. The van der Waals surface area contributed by atoms with Gasteiger partial charge in [0.2, 0.25) is 5.91 Å². The number of hydrogen-bond donors (Lipinski definition) is 1. The normalized spacial score (nSPS) is 20.2. The molecule has 18 heavy (non-hydrogen) atoms. The van der Waals surface area contributed by atoms with Crippen LogP contribution < -0.4 is 5.32 Å². The Kier molecular flexibility index (Phi) is 4.36. The second-order valence-corrected chi connectivity index (χ2v) is 4.99. The minimum Gasteiger partial charge on any atom is -0.356 e. The van der Waals surface area contributed by atoms with Gasteiger partial charge in [0.15, 0.2) is 0 Å². The Labute approximate surface area is 108 Å². The summed E-state index contributed by atoms with van der Waals surface area (Å²) >= 11 is 0. The number of imidazole rings is 1. The number of aromatic nitrogens is 2. The van der Waals surface area contributed by atoms with Crippen LogP contribution in [0.5, 0.6) is 0 Å². The molecule has 0 aromatic carbocycles. The number of carbonyl (C=O) groups excluding carboxylic acids is 1. The standard InChI is InChI=1S/C13H22N4O/c1-11(18)14-6-5-12-4-3-8-17(12)10-13-15-7-9-16(13)2/h7,9,12H,3-6,8,10H2,1-2H3,(H,14,18)/t12-/m1/s1. The minimum atomic E-state index is 0.0589. The summed E-state index contributed by atoms with van der Waals surface area (Å²) in [4.78, 5) is 17.7. The van der Waals surface area contributed by atoms with E-state index in [0.29, 0.717) is 6.04 Å². The van der Waals surface area contributed by atoms with E-state index in [1.807, 2.05) is 19.4 Å². The highest BCUT2D eigenvalue weighted by atomic mass is 16.1. The lowest BCUT2D eigenvalue weighted by Crippen LogP contribution is -2.33. The highest BCUT2D eigenvalue weighted by molar-refractivity contribution is 5.72. The largest absolute Gasteiger partial charge is 0.356 e. The molecule has 1 fully saturated rings. The summed E-state index contributed by atoms with van der Waals surface area (Å²) in [6, 6.07) is 0.577. The SMILES string of the molecule is CC(=O)NCC[C@H]1CCCN1Cc1nccn1C. The van der Waals surface area contributed by atoms with Gasteiger partial charge < -0.3 is 9.88 Å². The predicted molar refractivity (Wildman–Crippen MR) is 69.9 cm³/mol. The first-order valence-corrected chi connectivity index (χ1v) is 6.61. The van der Waals surface area contributed by atoms with Crippen molar-refractivity contribution in [1.82, 2.24) is 19.8 Å². The van der Waals surface area contributed by atoms with Gasteiger partial charge in [-0.2, -0.15) is 0 Å². The summed E-state index contributed by atoms with van der Waals surface area (Å²) in [7, 11) is 2.03. The van der Waals surface area contributed by atoms with Gasteiger partial charge in [0, 0.05) is 39.0 Å². The van der Waals surface area contributed by atoms with Crippen molar-refractivity contribution in [2.45, 2.75) is 38.8 Å². The topological polar surface area (TPSA) is 50.2 Å². The van der Waals surface area contributed by atoms with Crippen LogP contribution in [-0.2, 0) is 18.4 Å². The Morgan fingerprint density at radius 1 is 1.61 bits per heavy atom. The summed E-state index contributed by atoms with van der Waals surface area (Å²) < 4.78 is 2.07. The third-order valence-electron chi connectivity index (χ3n) is 3.62. The van der Waals surface area contributed by atoms with E-state index in [4.69, 9.17) is 0 Å². The van der Waals surface area contributed by atoms with Crippen LogP contribution in [0.15, 0.2) is 12.4 Å². The molecule has 1 atom stereocenters. The van der Waals surface area contributed by atoms with Crippen LogP contribution in [0.25, 0.3) is 0 Å². The molecule has 1 saturated heterocycles. The number of nitrogens with one attached hydrogen (secondary N) is 1. The Morgan fingerprint density at radius 2 is 2.44 bits per heavy atom. The van der Waals surface area contributed by atoms with E-state index in [2.05, 4.69) is 19.8 Å². The minimum absolute atomic E-state index is 0.0589. The van der Waals surface area contributed by atoms with Crippen molar-refractivity contribution in [2.75, 3.05) is 13.1 Å². The second kappa shape index (κ2) is 6.00. The molecular weight excluding hydrogens is 228 g/mol. The van der Waals surface area contributed by atoms with Crippen molar-refractivity contribution >= 4 is 5.91 Å². The fourth-order valence-corrected chi connectivity index (χ4v) is 2.58. The zero-order valence-electron chi connectivity index (χ0n) is 11.2.